The molecule has 0 amide bonds. The predicted octanol–water partition coefficient (Wildman–Crippen LogP) is 4.92. The van der Waals surface area contributed by atoms with Gasteiger partial charge in [0.2, 0.25) is 0 Å². The highest BCUT2D eigenvalue weighted by molar-refractivity contribution is 6.02. The Morgan fingerprint density at radius 2 is 1.71 bits per heavy atom. The minimum Gasteiger partial charge on any atom is -0.478 e. The lowest BCUT2D eigenvalue weighted by Crippen LogP contribution is -2.09. The molecule has 0 bridgehead atoms. The van der Waals surface area contributed by atoms with Gasteiger partial charge in [-0.1, -0.05) is 45.2 Å². The zero-order valence-corrected chi connectivity index (χ0v) is 14.3. The second kappa shape index (κ2) is 7.95. The van der Waals surface area contributed by atoms with E-state index >= 15 is 0 Å². The maximum Gasteiger partial charge on any atom is 0.336 e. The largest absolute Gasteiger partial charge is 0.478 e. The van der Waals surface area contributed by atoms with E-state index in [0.29, 0.717) is 18.4 Å². The molecule has 0 aliphatic carbocycles. The maximum atomic E-state index is 11.8. The van der Waals surface area contributed by atoms with E-state index in [4.69, 9.17) is 0 Å². The first kappa shape index (κ1) is 18.0. The molecule has 128 valence electrons. The molecule has 0 fully saturated rings. The average molecular weight is 328 g/mol. The van der Waals surface area contributed by atoms with E-state index in [2.05, 4.69) is 6.92 Å². The number of carboxylic acids is 2. The highest BCUT2D eigenvalue weighted by Crippen LogP contribution is 2.29. The second-order valence-corrected chi connectivity index (χ2v) is 6.10. The Balaban J connectivity index is 2.60. The fourth-order valence-electron chi connectivity index (χ4n) is 3.21. The number of benzene rings is 2. The molecule has 0 radical (unpaired) electrons. The van der Waals surface area contributed by atoms with Gasteiger partial charge in [0.25, 0.3) is 0 Å². The van der Waals surface area contributed by atoms with E-state index < -0.39 is 11.9 Å². The minimum atomic E-state index is -0.971. The number of fused-ring (bicyclic) bond motifs is 1. The van der Waals surface area contributed by atoms with Gasteiger partial charge in [0.15, 0.2) is 0 Å². The summed E-state index contributed by atoms with van der Waals surface area (Å²) < 4.78 is 0. The Bertz CT molecular complexity index is 762. The number of hydrogen-bond acceptors (Lipinski definition) is 2. The van der Waals surface area contributed by atoms with Crippen molar-refractivity contribution >= 4 is 22.7 Å². The van der Waals surface area contributed by atoms with E-state index in [9.17, 15) is 19.8 Å². The van der Waals surface area contributed by atoms with Crippen LogP contribution in [-0.4, -0.2) is 22.2 Å². The molecule has 4 heteroatoms. The number of aromatic carboxylic acids is 2. The van der Waals surface area contributed by atoms with Crippen LogP contribution in [0.4, 0.5) is 0 Å². The molecule has 0 aromatic heterocycles. The van der Waals surface area contributed by atoms with Crippen molar-refractivity contribution < 1.29 is 19.8 Å². The Kier molecular flexibility index (Phi) is 5.96. The van der Waals surface area contributed by atoms with Crippen LogP contribution in [0.5, 0.6) is 0 Å². The molecule has 0 aliphatic heterocycles. The number of carbonyl (C=O) groups is 2. The van der Waals surface area contributed by atoms with Crippen LogP contribution in [0, 0.1) is 0 Å². The van der Waals surface area contributed by atoms with E-state index in [1.54, 1.807) is 18.2 Å². The summed E-state index contributed by atoms with van der Waals surface area (Å²) in [4.78, 5) is 23.0. The van der Waals surface area contributed by atoms with Crippen molar-refractivity contribution in [1.82, 2.24) is 0 Å². The first-order valence-electron chi connectivity index (χ1n) is 8.54. The zero-order chi connectivity index (χ0) is 17.7. The Morgan fingerprint density at radius 1 is 0.958 bits per heavy atom. The molecule has 0 atom stereocenters. The van der Waals surface area contributed by atoms with E-state index in [0.717, 1.165) is 47.6 Å². The van der Waals surface area contributed by atoms with Gasteiger partial charge >= 0.3 is 11.9 Å². The van der Waals surface area contributed by atoms with Crippen molar-refractivity contribution in [3.63, 3.8) is 0 Å². The van der Waals surface area contributed by atoms with Crippen LogP contribution in [0.15, 0.2) is 24.3 Å². The van der Waals surface area contributed by atoms with Crippen molar-refractivity contribution in [2.24, 2.45) is 0 Å². The van der Waals surface area contributed by atoms with Crippen LogP contribution in [0.25, 0.3) is 10.8 Å². The van der Waals surface area contributed by atoms with Gasteiger partial charge in [0, 0.05) is 0 Å². The maximum absolute atomic E-state index is 11.8. The number of carboxylic acid groups (broad SMARTS) is 2. The molecule has 0 unspecified atom stereocenters. The van der Waals surface area contributed by atoms with Crippen molar-refractivity contribution in [1.29, 1.82) is 0 Å². The molecule has 0 heterocycles. The van der Waals surface area contributed by atoms with Crippen molar-refractivity contribution in [3.8, 4) is 0 Å². The summed E-state index contributed by atoms with van der Waals surface area (Å²) in [6.45, 7) is 4.07. The molecule has 2 aromatic carbocycles. The monoisotopic (exact) mass is 328 g/mol. The van der Waals surface area contributed by atoms with E-state index in [-0.39, 0.29) is 5.56 Å². The van der Waals surface area contributed by atoms with Gasteiger partial charge in [0.1, 0.15) is 0 Å². The third kappa shape index (κ3) is 3.75. The van der Waals surface area contributed by atoms with Gasteiger partial charge in [-0.25, -0.2) is 9.59 Å². The summed E-state index contributed by atoms with van der Waals surface area (Å²) in [5.41, 5.74) is 2.22. The van der Waals surface area contributed by atoms with Crippen LogP contribution >= 0.6 is 0 Å². The normalized spacial score (nSPS) is 10.9. The zero-order valence-electron chi connectivity index (χ0n) is 14.3. The molecule has 2 aromatic rings. The quantitative estimate of drug-likeness (QED) is 0.674. The molecule has 0 spiro atoms. The molecular weight excluding hydrogens is 304 g/mol. The third-order valence-electron chi connectivity index (χ3n) is 4.45. The third-order valence-corrected chi connectivity index (χ3v) is 4.45. The van der Waals surface area contributed by atoms with Crippen LogP contribution in [0.2, 0.25) is 0 Å². The van der Waals surface area contributed by atoms with Gasteiger partial charge in [-0.05, 0) is 53.3 Å². The topological polar surface area (TPSA) is 74.6 Å². The summed E-state index contributed by atoms with van der Waals surface area (Å²) in [7, 11) is 0. The molecule has 0 saturated carbocycles. The second-order valence-electron chi connectivity index (χ2n) is 6.10. The van der Waals surface area contributed by atoms with Gasteiger partial charge in [-0.15, -0.1) is 0 Å². The SMILES string of the molecule is CCCCCCc1c(C(=O)O)c(CC)cc2cc(C(=O)O)ccc12. The summed E-state index contributed by atoms with van der Waals surface area (Å²) in [6, 6.07) is 6.76. The summed E-state index contributed by atoms with van der Waals surface area (Å²) >= 11 is 0. The summed E-state index contributed by atoms with van der Waals surface area (Å²) in [5.74, 6) is -1.87. The molecule has 0 aliphatic rings. The van der Waals surface area contributed by atoms with Crippen LogP contribution in [0.3, 0.4) is 0 Å². The first-order chi connectivity index (χ1) is 11.5. The summed E-state index contributed by atoms with van der Waals surface area (Å²) in [6.07, 6.45) is 5.59. The molecule has 4 nitrogen and oxygen atoms in total. The van der Waals surface area contributed by atoms with Crippen molar-refractivity contribution in [2.45, 2.75) is 52.4 Å². The predicted molar refractivity (Wildman–Crippen MR) is 95.1 cm³/mol. The van der Waals surface area contributed by atoms with Gasteiger partial charge in [-0.2, -0.15) is 0 Å². The number of aryl methyl sites for hydroxylation is 2. The van der Waals surface area contributed by atoms with Gasteiger partial charge < -0.3 is 10.2 Å². The highest BCUT2D eigenvalue weighted by Gasteiger charge is 2.18. The van der Waals surface area contributed by atoms with Crippen molar-refractivity contribution in [3.05, 3.63) is 46.5 Å². The Hall–Kier alpha value is -2.36. The Labute approximate surface area is 142 Å². The summed E-state index contributed by atoms with van der Waals surface area (Å²) in [5, 5.41) is 20.5. The lowest BCUT2D eigenvalue weighted by atomic mass is 9.89. The van der Waals surface area contributed by atoms with Crippen molar-refractivity contribution in [2.75, 3.05) is 0 Å². The average Bonchev–Trinajstić information content (AvgIpc) is 2.56. The highest BCUT2D eigenvalue weighted by atomic mass is 16.4. The standard InChI is InChI=1S/C20H24O4/c1-3-5-6-7-8-17-16-10-9-14(19(21)22)12-15(16)11-13(4-2)18(17)20(23)24/h9-12H,3-8H2,1-2H3,(H,21,22)(H,23,24). The van der Waals surface area contributed by atoms with Crippen LogP contribution < -0.4 is 0 Å². The first-order valence-corrected chi connectivity index (χ1v) is 8.54. The van der Waals surface area contributed by atoms with Gasteiger partial charge in [0.05, 0.1) is 11.1 Å². The molecule has 24 heavy (non-hydrogen) atoms. The molecule has 2 rings (SSSR count). The van der Waals surface area contributed by atoms with Crippen LogP contribution in [-0.2, 0) is 12.8 Å². The fourth-order valence-corrected chi connectivity index (χ4v) is 3.21. The van der Waals surface area contributed by atoms with E-state index in [1.807, 2.05) is 13.0 Å². The lowest BCUT2D eigenvalue weighted by Gasteiger charge is -2.15. The lowest BCUT2D eigenvalue weighted by molar-refractivity contribution is 0.0684. The molecule has 2 N–H and O–H groups in total. The number of rotatable bonds is 8. The van der Waals surface area contributed by atoms with E-state index in [1.165, 1.54) is 0 Å². The molecular formula is C20H24O4. The molecule has 0 saturated heterocycles. The Morgan fingerprint density at radius 3 is 2.29 bits per heavy atom. The fraction of sp³-hybridized carbons (Fsp3) is 0.400. The minimum absolute atomic E-state index is 0.226. The smallest absolute Gasteiger partial charge is 0.336 e. The number of hydrogen-bond donors (Lipinski definition) is 2. The van der Waals surface area contributed by atoms with Gasteiger partial charge in [-0.3, -0.25) is 0 Å². The number of unbranched alkanes of at least 4 members (excludes halogenated alkanes) is 3. The van der Waals surface area contributed by atoms with Crippen LogP contribution in [0.1, 0.15) is 71.4 Å².